The molecule has 0 saturated heterocycles. The van der Waals surface area contributed by atoms with Crippen molar-refractivity contribution in [1.29, 1.82) is 0 Å². The minimum atomic E-state index is -1.10. The first-order valence-corrected chi connectivity index (χ1v) is 7.65. The maximum Gasteiger partial charge on any atom is 0.320 e. The number of nitrogens with two attached hydrogens (primary N) is 1. The number of carbonyl (C=O) groups is 2. The monoisotopic (exact) mass is 330 g/mol. The van der Waals surface area contributed by atoms with Crippen molar-refractivity contribution in [1.82, 2.24) is 5.32 Å². The summed E-state index contributed by atoms with van der Waals surface area (Å²) in [6.07, 6.45) is 7.94. The van der Waals surface area contributed by atoms with E-state index in [2.05, 4.69) is 5.32 Å². The van der Waals surface area contributed by atoms with E-state index in [-0.39, 0.29) is 18.7 Å². The zero-order chi connectivity index (χ0) is 17.5. The quantitative estimate of drug-likeness (QED) is 0.609. The molecule has 0 aliphatic heterocycles. The fraction of sp³-hybridized carbons (Fsp3) is 0.294. The van der Waals surface area contributed by atoms with Gasteiger partial charge in [-0.2, -0.15) is 4.57 Å². The van der Waals surface area contributed by atoms with Gasteiger partial charge in [-0.25, -0.2) is 4.57 Å². The Kier molecular flexibility index (Phi) is 5.97. The maximum atomic E-state index is 11.7. The summed E-state index contributed by atoms with van der Waals surface area (Å²) in [5.41, 5.74) is 7.57. The summed E-state index contributed by atoms with van der Waals surface area (Å²) in [6.45, 7) is 0.325. The topological polar surface area (TPSA) is 100 Å². The molecule has 0 aliphatic rings. The Labute approximate surface area is 140 Å². The summed E-state index contributed by atoms with van der Waals surface area (Å²) in [5, 5.41) is 11.4. The van der Waals surface area contributed by atoms with Crippen LogP contribution < -0.4 is 20.2 Å². The number of rotatable bonds is 7. The molecule has 2 aromatic heterocycles. The number of hydrogen-bond donors (Lipinski definition) is 3. The van der Waals surface area contributed by atoms with Crippen molar-refractivity contribution in [2.24, 2.45) is 12.8 Å². The highest BCUT2D eigenvalue weighted by atomic mass is 16.4. The number of nitrogens with one attached hydrogen (secondary N) is 1. The van der Waals surface area contributed by atoms with Gasteiger partial charge in [0.2, 0.25) is 12.6 Å². The zero-order valence-corrected chi connectivity index (χ0v) is 13.6. The predicted molar refractivity (Wildman–Crippen MR) is 86.2 cm³/mol. The van der Waals surface area contributed by atoms with E-state index < -0.39 is 12.0 Å². The molecule has 0 saturated carbocycles. The van der Waals surface area contributed by atoms with Gasteiger partial charge < -0.3 is 16.2 Å². The fourth-order valence-electron chi connectivity index (χ4n) is 2.13. The van der Waals surface area contributed by atoms with Crippen LogP contribution in [0.5, 0.6) is 0 Å². The lowest BCUT2D eigenvalue weighted by Crippen LogP contribution is -2.43. The molecule has 0 fully saturated rings. The van der Waals surface area contributed by atoms with Crippen molar-refractivity contribution in [2.75, 3.05) is 0 Å². The van der Waals surface area contributed by atoms with Crippen LogP contribution in [0.3, 0.4) is 0 Å². The molecule has 2 rings (SSSR count). The molecule has 126 valence electrons. The third kappa shape index (κ3) is 5.13. The van der Waals surface area contributed by atoms with E-state index in [9.17, 15) is 9.59 Å². The van der Waals surface area contributed by atoms with E-state index in [4.69, 9.17) is 10.8 Å². The normalized spacial score (nSPS) is 11.8. The van der Waals surface area contributed by atoms with Gasteiger partial charge in [-0.1, -0.05) is 0 Å². The summed E-state index contributed by atoms with van der Waals surface area (Å²) in [6, 6.07) is 7.01. The number of pyridine rings is 2. The van der Waals surface area contributed by atoms with Crippen molar-refractivity contribution in [3.05, 3.63) is 49.1 Å². The Morgan fingerprint density at radius 1 is 1.12 bits per heavy atom. The average Bonchev–Trinajstić information content (AvgIpc) is 2.59. The van der Waals surface area contributed by atoms with Gasteiger partial charge in [-0.15, -0.1) is 0 Å². The van der Waals surface area contributed by atoms with E-state index in [1.54, 1.807) is 0 Å². The van der Waals surface area contributed by atoms with Crippen molar-refractivity contribution >= 4 is 11.9 Å². The second-order valence-electron chi connectivity index (χ2n) is 5.59. The molecule has 2 aromatic rings. The van der Waals surface area contributed by atoms with Crippen molar-refractivity contribution in [3.63, 3.8) is 0 Å². The molecule has 2 heterocycles. The molecular weight excluding hydrogens is 308 g/mol. The molecule has 0 aromatic carbocycles. The standard InChI is InChI=1S/C17H20N4O3/c1-20-8-4-13(5-9-20)14-6-10-21(11-7-14)12-19-16(22)3-2-15(18)17(23)24/h4-11,15H,2-3,12,18H2,1H3/p+2/t15-/m0/s1. The van der Waals surface area contributed by atoms with Gasteiger partial charge >= 0.3 is 5.97 Å². The van der Waals surface area contributed by atoms with Crippen LogP contribution in [0.4, 0.5) is 0 Å². The van der Waals surface area contributed by atoms with Gasteiger partial charge in [0.25, 0.3) is 0 Å². The van der Waals surface area contributed by atoms with Crippen LogP contribution in [0.2, 0.25) is 0 Å². The number of carbonyl (C=O) groups excluding carboxylic acids is 1. The van der Waals surface area contributed by atoms with E-state index in [1.807, 2.05) is 65.2 Å². The largest absolute Gasteiger partial charge is 0.480 e. The summed E-state index contributed by atoms with van der Waals surface area (Å²) >= 11 is 0. The fourth-order valence-corrected chi connectivity index (χ4v) is 2.13. The molecule has 0 spiro atoms. The number of nitrogens with zero attached hydrogens (tertiary/aromatic N) is 2. The number of aromatic nitrogens is 2. The number of aliphatic carboxylic acids is 1. The van der Waals surface area contributed by atoms with Gasteiger partial charge in [-0.3, -0.25) is 9.59 Å². The van der Waals surface area contributed by atoms with Crippen LogP contribution in [0.25, 0.3) is 11.1 Å². The van der Waals surface area contributed by atoms with Gasteiger partial charge in [0.15, 0.2) is 24.8 Å². The van der Waals surface area contributed by atoms with Crippen molar-refractivity contribution in [3.8, 4) is 11.1 Å². The number of carboxylic acid groups (broad SMARTS) is 1. The molecule has 0 bridgehead atoms. The first kappa shape index (κ1) is 17.6. The Morgan fingerprint density at radius 3 is 2.21 bits per heavy atom. The highest BCUT2D eigenvalue weighted by molar-refractivity contribution is 5.78. The summed E-state index contributed by atoms with van der Waals surface area (Å²) in [5.74, 6) is -1.32. The summed E-state index contributed by atoms with van der Waals surface area (Å²) in [7, 11) is 1.97. The molecule has 0 aliphatic carbocycles. The Balaban J connectivity index is 1.84. The van der Waals surface area contributed by atoms with E-state index in [1.165, 1.54) is 0 Å². The molecule has 1 atom stereocenters. The highest BCUT2D eigenvalue weighted by Crippen LogP contribution is 2.15. The van der Waals surface area contributed by atoms with Crippen LogP contribution in [-0.2, 0) is 23.3 Å². The molecule has 0 radical (unpaired) electrons. The highest BCUT2D eigenvalue weighted by Gasteiger charge is 2.14. The van der Waals surface area contributed by atoms with E-state index in [0.717, 1.165) is 11.1 Å². The molecule has 0 unspecified atom stereocenters. The SMILES string of the molecule is C[n+]1ccc(-c2cc[n+](CNC(=O)CC[C@H](N)C(=O)O)cc2)cc1. The van der Waals surface area contributed by atoms with Gasteiger partial charge in [0.05, 0.1) is 0 Å². The van der Waals surface area contributed by atoms with Crippen molar-refractivity contribution in [2.45, 2.75) is 25.6 Å². The lowest BCUT2D eigenvalue weighted by molar-refractivity contribution is -0.699. The second kappa shape index (κ2) is 8.16. The van der Waals surface area contributed by atoms with Crippen LogP contribution in [0, 0.1) is 0 Å². The molecule has 4 N–H and O–H groups in total. The number of hydrogen-bond acceptors (Lipinski definition) is 3. The number of carboxylic acids is 1. The number of amides is 1. The first-order valence-electron chi connectivity index (χ1n) is 7.65. The van der Waals surface area contributed by atoms with Gasteiger partial charge in [0, 0.05) is 30.7 Å². The lowest BCUT2D eigenvalue weighted by atomic mass is 10.1. The third-order valence-electron chi connectivity index (χ3n) is 3.66. The Morgan fingerprint density at radius 2 is 1.67 bits per heavy atom. The van der Waals surface area contributed by atoms with Crippen LogP contribution in [0.1, 0.15) is 12.8 Å². The van der Waals surface area contributed by atoms with Crippen LogP contribution in [0.15, 0.2) is 49.1 Å². The summed E-state index contributed by atoms with van der Waals surface area (Å²) < 4.78 is 3.81. The predicted octanol–water partition coefficient (Wildman–Crippen LogP) is -0.269. The van der Waals surface area contributed by atoms with Crippen LogP contribution in [-0.4, -0.2) is 23.0 Å². The molecule has 7 nitrogen and oxygen atoms in total. The Bertz CT molecular complexity index is 699. The molecule has 24 heavy (non-hydrogen) atoms. The second-order valence-corrected chi connectivity index (χ2v) is 5.59. The van der Waals surface area contributed by atoms with Crippen molar-refractivity contribution < 1.29 is 23.8 Å². The lowest BCUT2D eigenvalue weighted by Gasteiger charge is -2.06. The molecule has 1 amide bonds. The maximum absolute atomic E-state index is 11.7. The van der Waals surface area contributed by atoms with Crippen LogP contribution >= 0.6 is 0 Å². The minimum absolute atomic E-state index is 0.0904. The number of aryl methyl sites for hydroxylation is 1. The first-order chi connectivity index (χ1) is 11.5. The van der Waals surface area contributed by atoms with E-state index >= 15 is 0 Å². The molecular formula is C17H22N4O3+2. The van der Waals surface area contributed by atoms with E-state index in [0.29, 0.717) is 6.67 Å². The van der Waals surface area contributed by atoms with Gasteiger partial charge in [0.1, 0.15) is 13.1 Å². The van der Waals surface area contributed by atoms with Gasteiger partial charge in [-0.05, 0) is 17.5 Å². The average molecular weight is 330 g/mol. The summed E-state index contributed by atoms with van der Waals surface area (Å²) in [4.78, 5) is 22.3. The Hall–Kier alpha value is -2.80. The smallest absolute Gasteiger partial charge is 0.320 e. The molecule has 7 heteroatoms. The minimum Gasteiger partial charge on any atom is -0.480 e. The third-order valence-corrected chi connectivity index (χ3v) is 3.66. The zero-order valence-electron chi connectivity index (χ0n) is 13.6.